The minimum atomic E-state index is -0.511. The fraction of sp³-hybridized carbons (Fsp3) is 0.304. The first-order valence-corrected chi connectivity index (χ1v) is 9.87. The van der Waals surface area contributed by atoms with Gasteiger partial charge < -0.3 is 19.5 Å². The van der Waals surface area contributed by atoms with E-state index in [0.717, 1.165) is 24.0 Å². The summed E-state index contributed by atoms with van der Waals surface area (Å²) in [5, 5.41) is 0.938. The van der Waals surface area contributed by atoms with Gasteiger partial charge in [-0.15, -0.1) is 0 Å². The number of piperazine rings is 1. The van der Waals surface area contributed by atoms with Gasteiger partial charge in [0.25, 0.3) is 5.91 Å². The molecule has 1 amide bonds. The quantitative estimate of drug-likeness (QED) is 0.693. The van der Waals surface area contributed by atoms with Crippen LogP contribution in [0.2, 0.25) is 0 Å². The molecule has 2 heterocycles. The van der Waals surface area contributed by atoms with Crippen LogP contribution in [0.1, 0.15) is 21.6 Å². The van der Waals surface area contributed by atoms with Crippen molar-refractivity contribution < 1.29 is 14.3 Å². The summed E-state index contributed by atoms with van der Waals surface area (Å²) in [6.45, 7) is 6.79. The van der Waals surface area contributed by atoms with E-state index in [-0.39, 0.29) is 12.5 Å². The summed E-state index contributed by atoms with van der Waals surface area (Å²) in [4.78, 5) is 31.9. The summed E-state index contributed by atoms with van der Waals surface area (Å²) >= 11 is 0. The third kappa shape index (κ3) is 3.97. The van der Waals surface area contributed by atoms with Crippen LogP contribution >= 0.6 is 0 Å². The highest BCUT2D eigenvalue weighted by Crippen LogP contribution is 2.24. The van der Waals surface area contributed by atoms with Crippen LogP contribution in [0.15, 0.2) is 48.5 Å². The van der Waals surface area contributed by atoms with Crippen LogP contribution in [0, 0.1) is 13.8 Å². The molecule has 6 heteroatoms. The average molecular weight is 391 g/mol. The van der Waals surface area contributed by atoms with Crippen molar-refractivity contribution in [2.24, 2.45) is 0 Å². The monoisotopic (exact) mass is 391 g/mol. The summed E-state index contributed by atoms with van der Waals surface area (Å²) in [5.41, 5.74) is 5.00. The van der Waals surface area contributed by atoms with Crippen molar-refractivity contribution in [2.75, 3.05) is 37.7 Å². The Kier molecular flexibility index (Phi) is 5.25. The van der Waals surface area contributed by atoms with E-state index in [1.165, 1.54) is 16.8 Å². The van der Waals surface area contributed by atoms with Gasteiger partial charge in [-0.2, -0.15) is 0 Å². The number of benzene rings is 2. The molecule has 1 fully saturated rings. The second-order valence-electron chi connectivity index (χ2n) is 7.43. The largest absolute Gasteiger partial charge is 0.451 e. The molecule has 0 atom stereocenters. The Morgan fingerprint density at radius 3 is 2.52 bits per heavy atom. The fourth-order valence-corrected chi connectivity index (χ4v) is 3.75. The van der Waals surface area contributed by atoms with Crippen LogP contribution in [-0.2, 0) is 9.53 Å². The number of anilines is 1. The van der Waals surface area contributed by atoms with Crippen LogP contribution in [0.25, 0.3) is 10.9 Å². The normalized spacial score (nSPS) is 14.3. The summed E-state index contributed by atoms with van der Waals surface area (Å²) in [6.07, 6.45) is 0. The summed E-state index contributed by atoms with van der Waals surface area (Å²) in [5.74, 6) is -0.668. The molecule has 0 spiro atoms. The lowest BCUT2D eigenvalue weighted by Crippen LogP contribution is -2.50. The number of nitrogens with zero attached hydrogens (tertiary/aromatic N) is 2. The van der Waals surface area contributed by atoms with E-state index in [9.17, 15) is 9.59 Å². The Balaban J connectivity index is 1.30. The van der Waals surface area contributed by atoms with Gasteiger partial charge in [0.2, 0.25) is 0 Å². The Morgan fingerprint density at radius 2 is 1.76 bits per heavy atom. The molecular formula is C23H25N3O3. The second-order valence-corrected chi connectivity index (χ2v) is 7.43. The van der Waals surface area contributed by atoms with Crippen LogP contribution < -0.4 is 4.90 Å². The first-order valence-electron chi connectivity index (χ1n) is 9.87. The zero-order valence-corrected chi connectivity index (χ0v) is 16.8. The van der Waals surface area contributed by atoms with Crippen molar-refractivity contribution in [3.63, 3.8) is 0 Å². The maximum absolute atomic E-state index is 12.5. The first kappa shape index (κ1) is 19.1. The Morgan fingerprint density at radius 1 is 1.00 bits per heavy atom. The zero-order valence-electron chi connectivity index (χ0n) is 16.8. The van der Waals surface area contributed by atoms with Crippen molar-refractivity contribution in [2.45, 2.75) is 13.8 Å². The van der Waals surface area contributed by atoms with E-state index >= 15 is 0 Å². The van der Waals surface area contributed by atoms with Crippen molar-refractivity contribution >= 4 is 28.5 Å². The van der Waals surface area contributed by atoms with Crippen LogP contribution in [0.5, 0.6) is 0 Å². The number of rotatable bonds is 4. The maximum atomic E-state index is 12.5. The van der Waals surface area contributed by atoms with Crippen LogP contribution in [0.3, 0.4) is 0 Å². The fourth-order valence-electron chi connectivity index (χ4n) is 3.75. The minimum absolute atomic E-state index is 0.157. The van der Waals surface area contributed by atoms with Crippen molar-refractivity contribution in [1.29, 1.82) is 0 Å². The smallest absolute Gasteiger partial charge is 0.355 e. The molecule has 29 heavy (non-hydrogen) atoms. The number of carbonyl (C=O) groups is 2. The van der Waals surface area contributed by atoms with Crippen molar-refractivity contribution in [1.82, 2.24) is 9.88 Å². The predicted molar refractivity (Wildman–Crippen MR) is 113 cm³/mol. The summed E-state index contributed by atoms with van der Waals surface area (Å²) in [7, 11) is 0. The molecule has 0 radical (unpaired) electrons. The number of aromatic amines is 1. The molecule has 1 saturated heterocycles. The van der Waals surface area contributed by atoms with Gasteiger partial charge in [0.15, 0.2) is 6.61 Å². The van der Waals surface area contributed by atoms with Crippen molar-refractivity contribution in [3.8, 4) is 0 Å². The molecule has 1 aromatic heterocycles. The molecule has 3 aromatic rings. The lowest BCUT2D eigenvalue weighted by Gasteiger charge is -2.37. The predicted octanol–water partition coefficient (Wildman–Crippen LogP) is 3.29. The standard InChI is InChI=1S/C23H25N3O3/c1-16-6-5-9-21(17(16)2)25-10-12-26(13-11-25)22(27)15-29-23(28)20-14-18-7-3-4-8-19(18)24-20/h3-9,14,24H,10-13,15H2,1-2H3. The van der Waals surface area contributed by atoms with Crippen LogP contribution in [-0.4, -0.2) is 54.5 Å². The minimum Gasteiger partial charge on any atom is -0.451 e. The number of carbonyl (C=O) groups excluding carboxylic acids is 2. The van der Waals surface area contributed by atoms with Gasteiger partial charge in [0, 0.05) is 42.8 Å². The van der Waals surface area contributed by atoms with Gasteiger partial charge in [-0.05, 0) is 43.2 Å². The molecule has 1 aliphatic rings. The van der Waals surface area contributed by atoms with Gasteiger partial charge in [0.1, 0.15) is 5.69 Å². The number of hydrogen-bond donors (Lipinski definition) is 1. The lowest BCUT2D eigenvalue weighted by molar-refractivity contribution is -0.134. The lowest BCUT2D eigenvalue weighted by atomic mass is 10.1. The maximum Gasteiger partial charge on any atom is 0.355 e. The second kappa shape index (κ2) is 7.99. The van der Waals surface area contributed by atoms with Gasteiger partial charge in [0.05, 0.1) is 0 Å². The Labute approximate surface area is 170 Å². The van der Waals surface area contributed by atoms with E-state index in [0.29, 0.717) is 18.8 Å². The summed E-state index contributed by atoms with van der Waals surface area (Å²) < 4.78 is 5.24. The van der Waals surface area contributed by atoms with E-state index in [2.05, 4.69) is 41.9 Å². The SMILES string of the molecule is Cc1cccc(N2CCN(C(=O)COC(=O)c3cc4ccccc4[nH]3)CC2)c1C. The molecular weight excluding hydrogens is 366 g/mol. The number of H-pyrrole nitrogens is 1. The van der Waals surface area contributed by atoms with E-state index in [1.807, 2.05) is 24.3 Å². The molecule has 0 aliphatic carbocycles. The number of aryl methyl sites for hydroxylation is 1. The number of amides is 1. The Bertz CT molecular complexity index is 1020. The molecule has 6 nitrogen and oxygen atoms in total. The third-order valence-corrected chi connectivity index (χ3v) is 5.63. The van der Waals surface area contributed by atoms with Gasteiger partial charge in [-0.25, -0.2) is 4.79 Å². The number of ether oxygens (including phenoxy) is 1. The van der Waals surface area contributed by atoms with Gasteiger partial charge >= 0.3 is 5.97 Å². The highest BCUT2D eigenvalue weighted by molar-refractivity contribution is 5.95. The highest BCUT2D eigenvalue weighted by atomic mass is 16.5. The molecule has 0 bridgehead atoms. The average Bonchev–Trinajstić information content (AvgIpc) is 3.18. The van der Waals surface area contributed by atoms with E-state index < -0.39 is 5.97 Å². The number of nitrogens with one attached hydrogen (secondary N) is 1. The molecule has 0 unspecified atom stereocenters. The van der Waals surface area contributed by atoms with Crippen LogP contribution in [0.4, 0.5) is 5.69 Å². The van der Waals surface area contributed by atoms with Gasteiger partial charge in [-0.1, -0.05) is 30.3 Å². The van der Waals surface area contributed by atoms with E-state index in [1.54, 1.807) is 11.0 Å². The number of para-hydroxylation sites is 1. The highest BCUT2D eigenvalue weighted by Gasteiger charge is 2.23. The molecule has 1 aliphatic heterocycles. The molecule has 1 N–H and O–H groups in total. The first-order chi connectivity index (χ1) is 14.0. The number of fused-ring (bicyclic) bond motifs is 1. The zero-order chi connectivity index (χ0) is 20.4. The number of hydrogen-bond acceptors (Lipinski definition) is 4. The topological polar surface area (TPSA) is 65.6 Å². The van der Waals surface area contributed by atoms with E-state index in [4.69, 9.17) is 4.74 Å². The third-order valence-electron chi connectivity index (χ3n) is 5.63. The Hall–Kier alpha value is -3.28. The molecule has 2 aromatic carbocycles. The number of esters is 1. The number of aromatic nitrogens is 1. The van der Waals surface area contributed by atoms with Gasteiger partial charge in [-0.3, -0.25) is 4.79 Å². The molecule has 150 valence electrons. The summed E-state index contributed by atoms with van der Waals surface area (Å²) in [6, 6.07) is 15.7. The molecule has 0 saturated carbocycles. The van der Waals surface area contributed by atoms with Crippen molar-refractivity contribution in [3.05, 3.63) is 65.4 Å². The molecule has 4 rings (SSSR count).